The van der Waals surface area contributed by atoms with E-state index in [2.05, 4.69) is 5.16 Å². The van der Waals surface area contributed by atoms with Gasteiger partial charge in [-0.15, -0.1) is 0 Å². The van der Waals surface area contributed by atoms with Crippen LogP contribution in [0.1, 0.15) is 5.69 Å². The van der Waals surface area contributed by atoms with Crippen molar-refractivity contribution in [1.29, 1.82) is 0 Å². The second-order valence-corrected chi connectivity index (χ2v) is 8.95. The largest absolute Gasteiger partial charge is 0.495 e. The summed E-state index contributed by atoms with van der Waals surface area (Å²) in [6, 6.07) is 13.1. The molecule has 3 aromatic rings. The Labute approximate surface area is 174 Å². The Bertz CT molecular complexity index is 1150. The predicted molar refractivity (Wildman–Crippen MR) is 111 cm³/mol. The molecule has 1 saturated heterocycles. The topological polar surface area (TPSA) is 75.9 Å². The summed E-state index contributed by atoms with van der Waals surface area (Å²) in [5.41, 5.74) is 1.89. The van der Waals surface area contributed by atoms with Crippen molar-refractivity contribution < 1.29 is 22.1 Å². The van der Waals surface area contributed by atoms with Gasteiger partial charge in [0.2, 0.25) is 10.0 Å². The molecule has 1 aromatic heterocycles. The molecule has 0 spiro atoms. The van der Waals surface area contributed by atoms with E-state index >= 15 is 0 Å². The lowest BCUT2D eigenvalue weighted by Crippen LogP contribution is -2.49. The lowest BCUT2D eigenvalue weighted by molar-refractivity contribution is 0.373. The van der Waals surface area contributed by atoms with Crippen LogP contribution in [0.4, 0.5) is 10.1 Å². The fourth-order valence-electron chi connectivity index (χ4n) is 3.55. The third-order valence-corrected chi connectivity index (χ3v) is 7.06. The van der Waals surface area contributed by atoms with Crippen molar-refractivity contribution in [3.8, 4) is 17.1 Å². The van der Waals surface area contributed by atoms with Crippen molar-refractivity contribution in [2.45, 2.75) is 11.8 Å². The van der Waals surface area contributed by atoms with Gasteiger partial charge in [0.1, 0.15) is 16.5 Å². The smallest absolute Gasteiger partial charge is 0.246 e. The molecule has 9 heteroatoms. The van der Waals surface area contributed by atoms with E-state index in [-0.39, 0.29) is 29.6 Å². The molecule has 30 heavy (non-hydrogen) atoms. The summed E-state index contributed by atoms with van der Waals surface area (Å²) in [7, 11) is -2.34. The van der Waals surface area contributed by atoms with Gasteiger partial charge in [0.25, 0.3) is 0 Å². The standard InChI is InChI=1S/C21H22FN3O4S/c1-15-13-19(29-23-15)16-7-8-21(20(14-16)28-2)30(26,27)25-11-9-24(10-12-25)18-6-4-3-5-17(18)22/h3-8,13-14H,9-12H2,1-2H3. The molecule has 1 aliphatic rings. The van der Waals surface area contributed by atoms with Crippen LogP contribution in [0.3, 0.4) is 0 Å². The summed E-state index contributed by atoms with van der Waals surface area (Å²) in [5, 5.41) is 3.86. The molecule has 1 aliphatic heterocycles. The molecule has 0 bridgehead atoms. The number of aromatic nitrogens is 1. The second-order valence-electron chi connectivity index (χ2n) is 7.04. The van der Waals surface area contributed by atoms with E-state index in [0.717, 1.165) is 5.69 Å². The average molecular weight is 431 g/mol. The fraction of sp³-hybridized carbons (Fsp3) is 0.286. The Morgan fingerprint density at radius 1 is 1.07 bits per heavy atom. The summed E-state index contributed by atoms with van der Waals surface area (Å²) in [5.74, 6) is 0.458. The van der Waals surface area contributed by atoms with E-state index in [9.17, 15) is 12.8 Å². The molecule has 7 nitrogen and oxygen atoms in total. The van der Waals surface area contributed by atoms with Crippen LogP contribution in [0.2, 0.25) is 0 Å². The molecule has 0 aliphatic carbocycles. The highest BCUT2D eigenvalue weighted by molar-refractivity contribution is 7.89. The van der Waals surface area contributed by atoms with Crippen LogP contribution in [0.25, 0.3) is 11.3 Å². The first-order chi connectivity index (χ1) is 14.4. The number of sulfonamides is 1. The van der Waals surface area contributed by atoms with Crippen LogP contribution < -0.4 is 9.64 Å². The zero-order valence-corrected chi connectivity index (χ0v) is 17.5. The van der Waals surface area contributed by atoms with Crippen molar-refractivity contribution in [1.82, 2.24) is 9.46 Å². The van der Waals surface area contributed by atoms with Crippen LogP contribution in [0, 0.1) is 12.7 Å². The average Bonchev–Trinajstić information content (AvgIpc) is 3.20. The summed E-state index contributed by atoms with van der Waals surface area (Å²) >= 11 is 0. The van der Waals surface area contributed by atoms with Gasteiger partial charge >= 0.3 is 0 Å². The van der Waals surface area contributed by atoms with Gasteiger partial charge in [-0.25, -0.2) is 12.8 Å². The van der Waals surface area contributed by atoms with Crippen molar-refractivity contribution in [3.63, 3.8) is 0 Å². The van der Waals surface area contributed by atoms with Gasteiger partial charge in [-0.2, -0.15) is 4.31 Å². The van der Waals surface area contributed by atoms with E-state index < -0.39 is 10.0 Å². The van der Waals surface area contributed by atoms with Gasteiger partial charge in [-0.05, 0) is 37.3 Å². The quantitative estimate of drug-likeness (QED) is 0.617. The highest BCUT2D eigenvalue weighted by atomic mass is 32.2. The Morgan fingerprint density at radius 3 is 2.43 bits per heavy atom. The number of nitrogens with zero attached hydrogens (tertiary/aromatic N) is 3. The van der Waals surface area contributed by atoms with Gasteiger partial charge in [0, 0.05) is 37.8 Å². The predicted octanol–water partition coefficient (Wildman–Crippen LogP) is 3.31. The Kier molecular flexibility index (Phi) is 5.48. The van der Waals surface area contributed by atoms with Crippen LogP contribution in [-0.4, -0.2) is 51.2 Å². The summed E-state index contributed by atoms with van der Waals surface area (Å²) in [4.78, 5) is 1.94. The first-order valence-corrected chi connectivity index (χ1v) is 11.0. The SMILES string of the molecule is COc1cc(-c2cc(C)no2)ccc1S(=O)(=O)N1CCN(c2ccccc2F)CC1. The molecule has 0 N–H and O–H groups in total. The number of hydrogen-bond donors (Lipinski definition) is 0. The molecule has 2 heterocycles. The molecule has 4 rings (SSSR count). The van der Waals surface area contributed by atoms with Gasteiger partial charge in [-0.3, -0.25) is 0 Å². The van der Waals surface area contributed by atoms with Gasteiger partial charge in [0.15, 0.2) is 5.76 Å². The summed E-state index contributed by atoms with van der Waals surface area (Å²) in [6.07, 6.45) is 0. The molecule has 0 unspecified atom stereocenters. The van der Waals surface area contributed by atoms with Crippen molar-refractivity contribution >= 4 is 15.7 Å². The lowest BCUT2D eigenvalue weighted by atomic mass is 10.1. The zero-order chi connectivity index (χ0) is 21.3. The molecule has 1 fully saturated rings. The van der Waals surface area contributed by atoms with Gasteiger partial charge in [-0.1, -0.05) is 17.3 Å². The minimum atomic E-state index is -3.77. The van der Waals surface area contributed by atoms with E-state index in [1.807, 2.05) is 11.8 Å². The molecule has 0 radical (unpaired) electrons. The monoisotopic (exact) mass is 431 g/mol. The number of para-hydroxylation sites is 1. The van der Waals surface area contributed by atoms with E-state index in [1.54, 1.807) is 36.4 Å². The third kappa shape index (κ3) is 3.78. The number of methoxy groups -OCH3 is 1. The number of benzene rings is 2. The van der Waals surface area contributed by atoms with Crippen LogP contribution in [0.15, 0.2) is 57.9 Å². The molecular formula is C21H22FN3O4S. The summed E-state index contributed by atoms with van der Waals surface area (Å²) < 4.78 is 52.6. The molecule has 0 saturated carbocycles. The number of ether oxygens (including phenoxy) is 1. The third-order valence-electron chi connectivity index (χ3n) is 5.13. The van der Waals surface area contributed by atoms with Crippen LogP contribution in [-0.2, 0) is 10.0 Å². The summed E-state index contributed by atoms with van der Waals surface area (Å²) in [6.45, 7) is 3.12. The highest BCUT2D eigenvalue weighted by Crippen LogP contribution is 2.33. The van der Waals surface area contributed by atoms with Crippen molar-refractivity contribution in [2.24, 2.45) is 0 Å². The first-order valence-electron chi connectivity index (χ1n) is 9.51. The van der Waals surface area contributed by atoms with Gasteiger partial charge in [0.05, 0.1) is 18.5 Å². The molecular weight excluding hydrogens is 409 g/mol. The maximum absolute atomic E-state index is 14.0. The Balaban J connectivity index is 1.56. The minimum Gasteiger partial charge on any atom is -0.495 e. The number of piperazine rings is 1. The number of anilines is 1. The number of halogens is 1. The highest BCUT2D eigenvalue weighted by Gasteiger charge is 2.31. The maximum Gasteiger partial charge on any atom is 0.246 e. The van der Waals surface area contributed by atoms with Crippen LogP contribution in [0.5, 0.6) is 5.75 Å². The second kappa shape index (κ2) is 8.08. The minimum absolute atomic E-state index is 0.0873. The van der Waals surface area contributed by atoms with E-state index in [0.29, 0.717) is 30.1 Å². The maximum atomic E-state index is 14.0. The zero-order valence-electron chi connectivity index (χ0n) is 16.7. The van der Waals surface area contributed by atoms with Crippen molar-refractivity contribution in [3.05, 3.63) is 60.0 Å². The van der Waals surface area contributed by atoms with Gasteiger partial charge < -0.3 is 14.2 Å². The number of aryl methyl sites for hydroxylation is 1. The van der Waals surface area contributed by atoms with Crippen molar-refractivity contribution in [2.75, 3.05) is 38.2 Å². The molecule has 0 amide bonds. The molecule has 0 atom stereocenters. The lowest BCUT2D eigenvalue weighted by Gasteiger charge is -2.35. The number of rotatable bonds is 5. The molecule has 158 valence electrons. The normalized spacial score (nSPS) is 15.4. The van der Waals surface area contributed by atoms with E-state index in [4.69, 9.17) is 9.26 Å². The fourth-order valence-corrected chi connectivity index (χ4v) is 5.11. The Morgan fingerprint density at radius 2 is 1.80 bits per heavy atom. The number of hydrogen-bond acceptors (Lipinski definition) is 6. The van der Waals surface area contributed by atoms with E-state index in [1.165, 1.54) is 23.5 Å². The Hall–Kier alpha value is -2.91. The van der Waals surface area contributed by atoms with Crippen LogP contribution >= 0.6 is 0 Å². The first kappa shape index (κ1) is 20.4. The molecule has 2 aromatic carbocycles.